The molecule has 1 aliphatic heterocycles. The van der Waals surface area contributed by atoms with Gasteiger partial charge in [-0.05, 0) is 49.4 Å². The molecule has 3 heterocycles. The highest BCUT2D eigenvalue weighted by Crippen LogP contribution is 2.33. The standard InChI is InChI=1S/C30H45N7O4/c1-19(2)36(16-8-14-32-29(40)34-21-11-9-20(10-12-21)30(3,4)5)17-23-25(38)26(39)28(41-23)37-18-33-24-22(35(6)7)13-15-31-27(24)37/h9-13,15,18-19,23,25-26,28,38-39H,8,14,16-17H2,1-7H3,(H2,32,34,40)/t23-,25-,26-,28-/m1/s1. The summed E-state index contributed by atoms with van der Waals surface area (Å²) in [6.45, 7) is 12.2. The molecule has 4 atom stereocenters. The van der Waals surface area contributed by atoms with Crippen LogP contribution >= 0.6 is 0 Å². The van der Waals surface area contributed by atoms with Crippen LogP contribution in [0.5, 0.6) is 0 Å². The predicted molar refractivity (Wildman–Crippen MR) is 161 cm³/mol. The second-order valence-corrected chi connectivity index (χ2v) is 12.2. The van der Waals surface area contributed by atoms with Crippen molar-refractivity contribution in [3.8, 4) is 0 Å². The van der Waals surface area contributed by atoms with E-state index in [1.54, 1.807) is 17.1 Å². The van der Waals surface area contributed by atoms with Crippen molar-refractivity contribution in [2.24, 2.45) is 0 Å². The number of hydrogen-bond donors (Lipinski definition) is 4. The van der Waals surface area contributed by atoms with E-state index in [0.29, 0.717) is 37.2 Å². The Bertz CT molecular complexity index is 1300. The third kappa shape index (κ3) is 7.16. The maximum Gasteiger partial charge on any atom is 0.319 e. The van der Waals surface area contributed by atoms with Gasteiger partial charge >= 0.3 is 6.03 Å². The highest BCUT2D eigenvalue weighted by Gasteiger charge is 2.45. The van der Waals surface area contributed by atoms with E-state index in [-0.39, 0.29) is 17.5 Å². The van der Waals surface area contributed by atoms with Crippen LogP contribution < -0.4 is 15.5 Å². The lowest BCUT2D eigenvalue weighted by Crippen LogP contribution is -2.44. The summed E-state index contributed by atoms with van der Waals surface area (Å²) in [7, 11) is 3.87. The van der Waals surface area contributed by atoms with Crippen molar-refractivity contribution in [2.75, 3.05) is 43.9 Å². The first-order valence-corrected chi connectivity index (χ1v) is 14.3. The third-order valence-electron chi connectivity index (χ3n) is 7.59. The Kier molecular flexibility index (Phi) is 9.53. The summed E-state index contributed by atoms with van der Waals surface area (Å²) in [4.78, 5) is 25.5. The van der Waals surface area contributed by atoms with Crippen molar-refractivity contribution >= 4 is 28.6 Å². The number of aliphatic hydroxyl groups is 2. The lowest BCUT2D eigenvalue weighted by molar-refractivity contribution is -0.0468. The molecule has 1 fully saturated rings. The molecule has 0 radical (unpaired) electrons. The van der Waals surface area contributed by atoms with E-state index in [2.05, 4.69) is 60.1 Å². The number of fused-ring (bicyclic) bond motifs is 1. The summed E-state index contributed by atoms with van der Waals surface area (Å²) in [6.07, 6.45) is 0.420. The number of carbonyl (C=O) groups excluding carboxylic acids is 1. The van der Waals surface area contributed by atoms with E-state index in [0.717, 1.165) is 11.4 Å². The van der Waals surface area contributed by atoms with Gasteiger partial charge in [0, 0.05) is 51.7 Å². The maximum absolute atomic E-state index is 12.4. The Morgan fingerprint density at radius 3 is 2.44 bits per heavy atom. The van der Waals surface area contributed by atoms with E-state index < -0.39 is 24.5 Å². The van der Waals surface area contributed by atoms with Gasteiger partial charge in [0.1, 0.15) is 23.8 Å². The monoisotopic (exact) mass is 567 g/mol. The average molecular weight is 568 g/mol. The highest BCUT2D eigenvalue weighted by atomic mass is 16.6. The molecular weight excluding hydrogens is 522 g/mol. The number of anilines is 2. The minimum absolute atomic E-state index is 0.0583. The second kappa shape index (κ2) is 12.7. The Labute approximate surface area is 242 Å². The molecule has 0 spiro atoms. The molecule has 41 heavy (non-hydrogen) atoms. The number of amides is 2. The first-order valence-electron chi connectivity index (χ1n) is 14.3. The molecule has 11 heteroatoms. The van der Waals surface area contributed by atoms with Crippen LogP contribution in [0.25, 0.3) is 11.2 Å². The topological polar surface area (TPSA) is 128 Å². The number of hydrogen-bond acceptors (Lipinski definition) is 8. The van der Waals surface area contributed by atoms with Gasteiger partial charge in [0.25, 0.3) is 0 Å². The van der Waals surface area contributed by atoms with Gasteiger partial charge in [-0.2, -0.15) is 0 Å². The second-order valence-electron chi connectivity index (χ2n) is 12.2. The van der Waals surface area contributed by atoms with Crippen molar-refractivity contribution in [3.63, 3.8) is 0 Å². The van der Waals surface area contributed by atoms with Crippen LogP contribution in [0.3, 0.4) is 0 Å². The lowest BCUT2D eigenvalue weighted by Gasteiger charge is -2.30. The number of nitrogens with zero attached hydrogens (tertiary/aromatic N) is 5. The Hall–Kier alpha value is -3.25. The van der Waals surface area contributed by atoms with E-state index in [1.165, 1.54) is 5.56 Å². The van der Waals surface area contributed by atoms with Gasteiger partial charge in [-0.25, -0.2) is 14.8 Å². The van der Waals surface area contributed by atoms with Crippen LogP contribution in [0, 0.1) is 0 Å². The number of pyridine rings is 1. The number of rotatable bonds is 10. The Morgan fingerprint density at radius 2 is 1.80 bits per heavy atom. The van der Waals surface area contributed by atoms with Gasteiger partial charge in [0.2, 0.25) is 0 Å². The maximum atomic E-state index is 12.4. The fourth-order valence-corrected chi connectivity index (χ4v) is 5.08. The quantitative estimate of drug-likeness (QED) is 0.275. The van der Waals surface area contributed by atoms with Gasteiger partial charge in [-0.3, -0.25) is 9.47 Å². The molecule has 3 aromatic rings. The molecule has 0 bridgehead atoms. The van der Waals surface area contributed by atoms with Crippen LogP contribution in [0.4, 0.5) is 16.2 Å². The molecule has 2 aromatic heterocycles. The molecular formula is C30H45N7O4. The molecule has 1 aromatic carbocycles. The van der Waals surface area contributed by atoms with Crippen molar-refractivity contribution in [3.05, 3.63) is 48.4 Å². The van der Waals surface area contributed by atoms with Gasteiger partial charge < -0.3 is 30.5 Å². The first kappa shape index (κ1) is 30.7. The summed E-state index contributed by atoms with van der Waals surface area (Å²) in [6, 6.07) is 9.71. The molecule has 2 amide bonds. The fraction of sp³-hybridized carbons (Fsp3) is 0.567. The van der Waals surface area contributed by atoms with Gasteiger partial charge in [0.15, 0.2) is 11.9 Å². The van der Waals surface area contributed by atoms with Crippen LogP contribution in [-0.4, -0.2) is 93.8 Å². The fourth-order valence-electron chi connectivity index (χ4n) is 5.08. The van der Waals surface area contributed by atoms with E-state index in [1.807, 2.05) is 49.3 Å². The average Bonchev–Trinajstić information content (AvgIpc) is 3.46. The molecule has 0 aliphatic carbocycles. The van der Waals surface area contributed by atoms with Crippen LogP contribution in [-0.2, 0) is 10.2 Å². The number of aliphatic hydroxyl groups excluding tert-OH is 2. The summed E-state index contributed by atoms with van der Waals surface area (Å²) in [5.41, 5.74) is 4.21. The zero-order valence-corrected chi connectivity index (χ0v) is 25.2. The molecule has 11 nitrogen and oxygen atoms in total. The number of ether oxygens (including phenoxy) is 1. The van der Waals surface area contributed by atoms with Crippen molar-refractivity contribution in [2.45, 2.75) is 77.0 Å². The van der Waals surface area contributed by atoms with Crippen molar-refractivity contribution in [1.82, 2.24) is 24.8 Å². The number of urea groups is 1. The van der Waals surface area contributed by atoms with E-state index >= 15 is 0 Å². The van der Waals surface area contributed by atoms with Crippen LogP contribution in [0.15, 0.2) is 42.9 Å². The predicted octanol–water partition coefficient (Wildman–Crippen LogP) is 3.34. The number of imidazole rings is 1. The summed E-state index contributed by atoms with van der Waals surface area (Å²) >= 11 is 0. The van der Waals surface area contributed by atoms with E-state index in [4.69, 9.17) is 4.74 Å². The van der Waals surface area contributed by atoms with E-state index in [9.17, 15) is 15.0 Å². The first-order chi connectivity index (χ1) is 19.4. The molecule has 4 rings (SSSR count). The van der Waals surface area contributed by atoms with Crippen molar-refractivity contribution in [1.29, 1.82) is 0 Å². The Morgan fingerprint density at radius 1 is 1.10 bits per heavy atom. The molecule has 4 N–H and O–H groups in total. The lowest BCUT2D eigenvalue weighted by atomic mass is 9.87. The smallest absolute Gasteiger partial charge is 0.319 e. The summed E-state index contributed by atoms with van der Waals surface area (Å²) in [5.74, 6) is 0. The number of aromatic nitrogens is 3. The van der Waals surface area contributed by atoms with Crippen molar-refractivity contribution < 1.29 is 19.7 Å². The normalized spacial score (nSPS) is 21.1. The van der Waals surface area contributed by atoms with Crippen LogP contribution in [0.2, 0.25) is 0 Å². The molecule has 1 saturated heterocycles. The summed E-state index contributed by atoms with van der Waals surface area (Å²) < 4.78 is 7.90. The van der Waals surface area contributed by atoms with Gasteiger partial charge in [-0.1, -0.05) is 32.9 Å². The molecule has 0 saturated carbocycles. The van der Waals surface area contributed by atoms with Crippen LogP contribution in [0.1, 0.15) is 52.8 Å². The van der Waals surface area contributed by atoms with Gasteiger partial charge in [-0.15, -0.1) is 0 Å². The highest BCUT2D eigenvalue weighted by molar-refractivity contribution is 5.89. The largest absolute Gasteiger partial charge is 0.387 e. The zero-order valence-electron chi connectivity index (χ0n) is 25.2. The number of carbonyl (C=O) groups is 1. The summed E-state index contributed by atoms with van der Waals surface area (Å²) in [5, 5.41) is 27.6. The zero-order chi connectivity index (χ0) is 29.9. The van der Waals surface area contributed by atoms with Gasteiger partial charge in [0.05, 0.1) is 12.0 Å². The molecule has 224 valence electrons. The Balaban J connectivity index is 1.30. The number of benzene rings is 1. The number of nitrogens with one attached hydrogen (secondary N) is 2. The minimum atomic E-state index is -1.13. The molecule has 1 aliphatic rings. The minimum Gasteiger partial charge on any atom is -0.387 e. The SMILES string of the molecule is CC(C)N(CCCNC(=O)Nc1ccc(C(C)(C)C)cc1)C[C@H]1O[C@@H](n2cnc3c(N(C)C)ccnc32)[C@H](O)[C@@H]1O. The molecule has 0 unspecified atom stereocenters. The third-order valence-corrected chi connectivity index (χ3v) is 7.59.